The molecular weight excluding hydrogens is 170 g/mol. The van der Waals surface area contributed by atoms with Gasteiger partial charge in [-0.3, -0.25) is 4.99 Å². The highest BCUT2D eigenvalue weighted by Crippen LogP contribution is 2.20. The van der Waals surface area contributed by atoms with Crippen LogP contribution < -0.4 is 0 Å². The van der Waals surface area contributed by atoms with Gasteiger partial charge in [0, 0.05) is 6.21 Å². The van der Waals surface area contributed by atoms with Crippen molar-refractivity contribution in [3.05, 3.63) is 34.9 Å². The summed E-state index contributed by atoms with van der Waals surface area (Å²) in [5, 5.41) is 0. The first kappa shape index (κ1) is 11.0. The fourth-order valence-electron chi connectivity index (χ4n) is 1.48. The lowest BCUT2D eigenvalue weighted by atomic mass is 9.99. The lowest BCUT2D eigenvalue weighted by Gasteiger charge is -2.06. The third kappa shape index (κ3) is 2.22. The maximum Gasteiger partial charge on any atom is 0.0646 e. The van der Waals surface area contributed by atoms with Gasteiger partial charge in [0.25, 0.3) is 0 Å². The van der Waals surface area contributed by atoms with E-state index in [0.29, 0.717) is 5.92 Å². The number of rotatable bonds is 1. The largest absolute Gasteiger partial charge is 0.288 e. The summed E-state index contributed by atoms with van der Waals surface area (Å²) in [4.78, 5) is 4.23. The van der Waals surface area contributed by atoms with E-state index in [2.05, 4.69) is 37.0 Å². The zero-order valence-electron chi connectivity index (χ0n) is 9.54. The molecule has 1 heteroatoms. The lowest BCUT2D eigenvalue weighted by molar-refractivity contribution is 0.865. The highest BCUT2D eigenvalue weighted by atomic mass is 14.7. The van der Waals surface area contributed by atoms with Crippen LogP contribution in [0.1, 0.15) is 50.3 Å². The van der Waals surface area contributed by atoms with Crippen LogP contribution in [0.4, 0.5) is 0 Å². The first-order valence-corrected chi connectivity index (χ1v) is 5.40. The SMILES string of the molecule is CC.CC(C)c1ccc2c(c1)C=NC2. The Balaban J connectivity index is 0.000000461. The molecule has 0 saturated heterocycles. The van der Waals surface area contributed by atoms with Crippen LogP contribution in [-0.4, -0.2) is 6.21 Å². The second-order valence-corrected chi connectivity index (χ2v) is 3.58. The predicted octanol–water partition coefficient (Wildman–Crippen LogP) is 3.77. The van der Waals surface area contributed by atoms with Gasteiger partial charge in [-0.25, -0.2) is 0 Å². The number of nitrogens with zero attached hydrogens (tertiary/aromatic N) is 1. The van der Waals surface area contributed by atoms with Crippen LogP contribution in [0.2, 0.25) is 0 Å². The number of aliphatic imine (C=N–C) groups is 1. The zero-order chi connectivity index (χ0) is 10.6. The van der Waals surface area contributed by atoms with Gasteiger partial charge in [0.15, 0.2) is 0 Å². The van der Waals surface area contributed by atoms with Gasteiger partial charge in [0.1, 0.15) is 0 Å². The third-order valence-corrected chi connectivity index (χ3v) is 2.33. The van der Waals surface area contributed by atoms with Crippen molar-refractivity contribution in [3.63, 3.8) is 0 Å². The van der Waals surface area contributed by atoms with Gasteiger partial charge in [-0.15, -0.1) is 0 Å². The van der Waals surface area contributed by atoms with Crippen molar-refractivity contribution in [1.82, 2.24) is 0 Å². The van der Waals surface area contributed by atoms with Crippen molar-refractivity contribution in [2.75, 3.05) is 0 Å². The second-order valence-electron chi connectivity index (χ2n) is 3.58. The van der Waals surface area contributed by atoms with E-state index in [9.17, 15) is 0 Å². The van der Waals surface area contributed by atoms with Crippen molar-refractivity contribution in [1.29, 1.82) is 0 Å². The highest BCUT2D eigenvalue weighted by Gasteiger charge is 2.07. The molecule has 0 radical (unpaired) electrons. The number of hydrogen-bond acceptors (Lipinski definition) is 1. The van der Waals surface area contributed by atoms with Crippen molar-refractivity contribution >= 4 is 6.21 Å². The zero-order valence-corrected chi connectivity index (χ0v) is 9.54. The molecule has 1 aliphatic heterocycles. The molecule has 0 N–H and O–H groups in total. The summed E-state index contributed by atoms with van der Waals surface area (Å²) in [5.41, 5.74) is 4.07. The molecule has 14 heavy (non-hydrogen) atoms. The Morgan fingerprint density at radius 3 is 2.57 bits per heavy atom. The van der Waals surface area contributed by atoms with Crippen LogP contribution in [-0.2, 0) is 6.54 Å². The van der Waals surface area contributed by atoms with Gasteiger partial charge >= 0.3 is 0 Å². The monoisotopic (exact) mass is 189 g/mol. The standard InChI is InChI=1S/C11H13N.C2H6/c1-8(2)9-3-4-10-6-12-7-11(10)5-9;1-2/h3-5,7-8H,6H2,1-2H3;1-2H3. The molecular formula is C13H19N. The molecule has 0 amide bonds. The van der Waals surface area contributed by atoms with Gasteiger partial charge < -0.3 is 0 Å². The summed E-state index contributed by atoms with van der Waals surface area (Å²) in [7, 11) is 0. The highest BCUT2D eigenvalue weighted by molar-refractivity contribution is 5.84. The molecule has 1 aromatic carbocycles. The van der Waals surface area contributed by atoms with E-state index in [1.165, 1.54) is 16.7 Å². The van der Waals surface area contributed by atoms with Gasteiger partial charge in [0.05, 0.1) is 6.54 Å². The summed E-state index contributed by atoms with van der Waals surface area (Å²) >= 11 is 0. The second kappa shape index (κ2) is 4.94. The van der Waals surface area contributed by atoms with E-state index in [-0.39, 0.29) is 0 Å². The normalized spacial score (nSPS) is 12.4. The Labute approximate surface area is 86.9 Å². The molecule has 0 unspecified atom stereocenters. The average Bonchev–Trinajstić information content (AvgIpc) is 2.67. The molecule has 0 saturated carbocycles. The van der Waals surface area contributed by atoms with Crippen LogP contribution >= 0.6 is 0 Å². The van der Waals surface area contributed by atoms with Gasteiger partial charge in [-0.05, 0) is 28.7 Å². The Bertz CT molecular complexity index is 324. The van der Waals surface area contributed by atoms with Crippen LogP contribution in [0, 0.1) is 0 Å². The van der Waals surface area contributed by atoms with Crippen LogP contribution in [0.3, 0.4) is 0 Å². The minimum atomic E-state index is 0.615. The van der Waals surface area contributed by atoms with E-state index in [4.69, 9.17) is 0 Å². The summed E-state index contributed by atoms with van der Waals surface area (Å²) in [6.45, 7) is 9.30. The molecule has 1 heterocycles. The van der Waals surface area contributed by atoms with E-state index < -0.39 is 0 Å². The van der Waals surface area contributed by atoms with Crippen molar-refractivity contribution in [3.8, 4) is 0 Å². The average molecular weight is 189 g/mol. The first-order valence-electron chi connectivity index (χ1n) is 5.40. The quantitative estimate of drug-likeness (QED) is 0.637. The summed E-state index contributed by atoms with van der Waals surface area (Å²) in [5.74, 6) is 0.615. The molecule has 0 spiro atoms. The molecule has 1 aliphatic rings. The topological polar surface area (TPSA) is 12.4 Å². The molecule has 0 aliphatic carbocycles. The van der Waals surface area contributed by atoms with Gasteiger partial charge in [0.2, 0.25) is 0 Å². The fraction of sp³-hybridized carbons (Fsp3) is 0.462. The molecule has 0 bridgehead atoms. The number of benzene rings is 1. The molecule has 2 rings (SSSR count). The molecule has 1 aromatic rings. The summed E-state index contributed by atoms with van der Waals surface area (Å²) < 4.78 is 0. The lowest BCUT2D eigenvalue weighted by Crippen LogP contribution is -1.91. The van der Waals surface area contributed by atoms with E-state index in [0.717, 1.165) is 6.54 Å². The van der Waals surface area contributed by atoms with Gasteiger partial charge in [-0.2, -0.15) is 0 Å². The first-order chi connectivity index (χ1) is 6.77. The Kier molecular flexibility index (Phi) is 3.87. The Hall–Kier alpha value is -1.11. The maximum absolute atomic E-state index is 4.23. The van der Waals surface area contributed by atoms with Gasteiger partial charge in [-0.1, -0.05) is 39.8 Å². The van der Waals surface area contributed by atoms with Crippen molar-refractivity contribution < 1.29 is 0 Å². The molecule has 0 fully saturated rings. The minimum Gasteiger partial charge on any atom is -0.288 e. The maximum atomic E-state index is 4.23. The van der Waals surface area contributed by atoms with Crippen molar-refractivity contribution in [2.24, 2.45) is 4.99 Å². The smallest absolute Gasteiger partial charge is 0.0646 e. The summed E-state index contributed by atoms with van der Waals surface area (Å²) in [6, 6.07) is 6.65. The van der Waals surface area contributed by atoms with Crippen molar-refractivity contribution in [2.45, 2.75) is 40.2 Å². The van der Waals surface area contributed by atoms with Crippen LogP contribution in [0.25, 0.3) is 0 Å². The molecule has 76 valence electrons. The van der Waals surface area contributed by atoms with E-state index in [1.54, 1.807) is 0 Å². The third-order valence-electron chi connectivity index (χ3n) is 2.33. The van der Waals surface area contributed by atoms with Crippen LogP contribution in [0.5, 0.6) is 0 Å². The Morgan fingerprint density at radius 2 is 1.93 bits per heavy atom. The van der Waals surface area contributed by atoms with Crippen LogP contribution in [0.15, 0.2) is 23.2 Å². The molecule has 0 aromatic heterocycles. The fourth-order valence-corrected chi connectivity index (χ4v) is 1.48. The van der Waals surface area contributed by atoms with E-state index in [1.807, 2.05) is 20.1 Å². The molecule has 1 nitrogen and oxygen atoms in total. The van der Waals surface area contributed by atoms with E-state index >= 15 is 0 Å². The number of hydrogen-bond donors (Lipinski definition) is 0. The summed E-state index contributed by atoms with van der Waals surface area (Å²) in [6.07, 6.45) is 1.97. The molecule has 0 atom stereocenters. The minimum absolute atomic E-state index is 0.615. The Morgan fingerprint density at radius 1 is 1.21 bits per heavy atom. The predicted molar refractivity (Wildman–Crippen MR) is 63.2 cm³/mol. The number of fused-ring (bicyclic) bond motifs is 1.